The van der Waals surface area contributed by atoms with Crippen LogP contribution in [0.25, 0.3) is 0 Å². The van der Waals surface area contributed by atoms with Gasteiger partial charge in [-0.15, -0.1) is 0 Å². The standard InChI is InChI=1S/C16H19NO8/c1-22-9-24-11-5-3-4-10-15(11)25-12(16(20)21)8-17(10)13(18)6-7-14(19)23-2/h3-5,12H,6-9H2,1-2H3,(H,20,21). The molecule has 25 heavy (non-hydrogen) atoms. The molecular formula is C16H19NO8. The minimum atomic E-state index is -1.25. The molecule has 9 heteroatoms. The van der Waals surface area contributed by atoms with Crippen LogP contribution in [-0.4, -0.2) is 56.6 Å². The van der Waals surface area contributed by atoms with Crippen LogP contribution in [0.3, 0.4) is 0 Å². The number of methoxy groups -OCH3 is 2. The van der Waals surface area contributed by atoms with E-state index in [0.29, 0.717) is 5.69 Å². The normalized spacial score (nSPS) is 15.8. The number of fused-ring (bicyclic) bond motifs is 1. The lowest BCUT2D eigenvalue weighted by Crippen LogP contribution is -2.47. The third kappa shape index (κ3) is 4.38. The van der Waals surface area contributed by atoms with Crippen LogP contribution >= 0.6 is 0 Å². The predicted molar refractivity (Wildman–Crippen MR) is 84.6 cm³/mol. The summed E-state index contributed by atoms with van der Waals surface area (Å²) in [5.41, 5.74) is 0.376. The Morgan fingerprint density at radius 3 is 2.68 bits per heavy atom. The van der Waals surface area contributed by atoms with Crippen molar-refractivity contribution >= 4 is 23.5 Å². The molecule has 1 atom stereocenters. The predicted octanol–water partition coefficient (Wildman–Crippen LogP) is 0.801. The molecule has 0 spiro atoms. The van der Waals surface area contributed by atoms with E-state index in [-0.39, 0.29) is 37.7 Å². The third-order valence-electron chi connectivity index (χ3n) is 3.54. The number of hydrogen-bond donors (Lipinski definition) is 1. The van der Waals surface area contributed by atoms with Crippen LogP contribution in [0, 0.1) is 0 Å². The molecule has 0 aliphatic carbocycles. The number of ether oxygens (including phenoxy) is 4. The minimum Gasteiger partial charge on any atom is -0.478 e. The van der Waals surface area contributed by atoms with Crippen molar-refractivity contribution in [1.29, 1.82) is 0 Å². The third-order valence-corrected chi connectivity index (χ3v) is 3.54. The second-order valence-corrected chi connectivity index (χ2v) is 5.18. The highest BCUT2D eigenvalue weighted by Crippen LogP contribution is 2.41. The second-order valence-electron chi connectivity index (χ2n) is 5.18. The number of anilines is 1. The lowest BCUT2D eigenvalue weighted by molar-refractivity contribution is -0.145. The first-order valence-electron chi connectivity index (χ1n) is 7.49. The monoisotopic (exact) mass is 353 g/mol. The molecule has 1 heterocycles. The van der Waals surface area contributed by atoms with Gasteiger partial charge in [0.2, 0.25) is 12.0 Å². The lowest BCUT2D eigenvalue weighted by Gasteiger charge is -2.33. The summed E-state index contributed by atoms with van der Waals surface area (Å²) in [6, 6.07) is 4.84. The number of amides is 1. The number of hydrogen-bond acceptors (Lipinski definition) is 7. The molecule has 0 bridgehead atoms. The first-order valence-corrected chi connectivity index (χ1v) is 7.49. The second kappa shape index (κ2) is 8.34. The zero-order valence-corrected chi connectivity index (χ0v) is 13.9. The number of carbonyl (C=O) groups is 3. The van der Waals surface area contributed by atoms with Gasteiger partial charge >= 0.3 is 11.9 Å². The fraction of sp³-hybridized carbons (Fsp3) is 0.438. The number of para-hydroxylation sites is 1. The average molecular weight is 353 g/mol. The molecule has 0 aromatic heterocycles. The van der Waals surface area contributed by atoms with Gasteiger partial charge in [0.05, 0.1) is 25.8 Å². The van der Waals surface area contributed by atoms with Gasteiger partial charge in [0, 0.05) is 13.5 Å². The molecule has 136 valence electrons. The molecule has 1 aromatic rings. The summed E-state index contributed by atoms with van der Waals surface area (Å²) in [6.07, 6.45) is -1.46. The summed E-state index contributed by atoms with van der Waals surface area (Å²) >= 11 is 0. The van der Waals surface area contributed by atoms with Gasteiger partial charge in [-0.2, -0.15) is 0 Å². The van der Waals surface area contributed by atoms with Crippen LogP contribution in [0.5, 0.6) is 11.5 Å². The van der Waals surface area contributed by atoms with Gasteiger partial charge in [0.15, 0.2) is 18.3 Å². The summed E-state index contributed by atoms with van der Waals surface area (Å²) in [7, 11) is 2.68. The molecular weight excluding hydrogens is 334 g/mol. The van der Waals surface area contributed by atoms with E-state index in [2.05, 4.69) is 4.74 Å². The zero-order chi connectivity index (χ0) is 18.4. The van der Waals surface area contributed by atoms with Gasteiger partial charge in [-0.1, -0.05) is 6.07 Å². The van der Waals surface area contributed by atoms with Gasteiger partial charge in [0.25, 0.3) is 0 Å². The number of carboxylic acids is 1. The zero-order valence-electron chi connectivity index (χ0n) is 13.9. The van der Waals surface area contributed by atoms with Gasteiger partial charge in [-0.05, 0) is 12.1 Å². The Labute approximate surface area is 144 Å². The molecule has 1 aliphatic rings. The molecule has 9 nitrogen and oxygen atoms in total. The largest absolute Gasteiger partial charge is 0.478 e. The SMILES string of the molecule is COCOc1cccc2c1OC(C(=O)O)CN2C(=O)CCC(=O)OC. The number of rotatable bonds is 7. The number of carbonyl (C=O) groups excluding carboxylic acids is 2. The highest BCUT2D eigenvalue weighted by molar-refractivity contribution is 5.98. The molecule has 1 aliphatic heterocycles. The van der Waals surface area contributed by atoms with Crippen molar-refractivity contribution in [3.8, 4) is 11.5 Å². The van der Waals surface area contributed by atoms with Gasteiger partial charge in [0.1, 0.15) is 0 Å². The number of carboxylic acid groups (broad SMARTS) is 1. The van der Waals surface area contributed by atoms with Crippen LogP contribution in [0.1, 0.15) is 12.8 Å². The van der Waals surface area contributed by atoms with Crippen molar-refractivity contribution in [2.24, 2.45) is 0 Å². The van der Waals surface area contributed by atoms with E-state index in [1.807, 2.05) is 0 Å². The maximum absolute atomic E-state index is 12.5. The summed E-state index contributed by atoms with van der Waals surface area (Å²) in [5.74, 6) is -1.74. The summed E-state index contributed by atoms with van der Waals surface area (Å²) in [6.45, 7) is -0.232. The highest BCUT2D eigenvalue weighted by atomic mass is 16.7. The molecule has 1 aromatic carbocycles. The van der Waals surface area contributed by atoms with Crippen molar-refractivity contribution < 1.29 is 38.4 Å². The summed E-state index contributed by atoms with van der Waals surface area (Å²) in [4.78, 5) is 36.4. The molecule has 0 fully saturated rings. The Morgan fingerprint density at radius 2 is 2.04 bits per heavy atom. The van der Waals surface area contributed by atoms with Gasteiger partial charge in [-0.3, -0.25) is 9.59 Å². The first-order chi connectivity index (χ1) is 12.0. The fourth-order valence-corrected chi connectivity index (χ4v) is 2.33. The van der Waals surface area contributed by atoms with Gasteiger partial charge < -0.3 is 29.0 Å². The minimum absolute atomic E-state index is 0.0617. The molecule has 1 N–H and O–H groups in total. The Bertz CT molecular complexity index is 660. The Balaban J connectivity index is 2.30. The number of aliphatic carboxylic acids is 1. The van der Waals surface area contributed by atoms with Crippen molar-refractivity contribution in [3.05, 3.63) is 18.2 Å². The Hall–Kier alpha value is -2.81. The maximum atomic E-state index is 12.5. The van der Waals surface area contributed by atoms with E-state index in [1.165, 1.54) is 19.1 Å². The fourth-order valence-electron chi connectivity index (χ4n) is 2.33. The lowest BCUT2D eigenvalue weighted by atomic mass is 10.1. The van der Waals surface area contributed by atoms with Crippen molar-refractivity contribution in [3.63, 3.8) is 0 Å². The molecule has 1 unspecified atom stereocenters. The maximum Gasteiger partial charge on any atom is 0.346 e. The van der Waals surface area contributed by atoms with E-state index in [1.54, 1.807) is 18.2 Å². The van der Waals surface area contributed by atoms with Crippen LogP contribution in [0.4, 0.5) is 5.69 Å². The van der Waals surface area contributed by atoms with E-state index in [9.17, 15) is 19.5 Å². The van der Waals surface area contributed by atoms with E-state index in [0.717, 1.165) is 0 Å². The van der Waals surface area contributed by atoms with E-state index < -0.39 is 23.9 Å². The molecule has 1 amide bonds. The van der Waals surface area contributed by atoms with Crippen LogP contribution in [-0.2, 0) is 23.9 Å². The van der Waals surface area contributed by atoms with Crippen molar-refractivity contribution in [2.75, 3.05) is 32.5 Å². The smallest absolute Gasteiger partial charge is 0.346 e. The first kappa shape index (κ1) is 18.5. The Kier molecular flexibility index (Phi) is 6.18. The highest BCUT2D eigenvalue weighted by Gasteiger charge is 2.35. The Morgan fingerprint density at radius 1 is 1.28 bits per heavy atom. The number of esters is 1. The van der Waals surface area contributed by atoms with E-state index >= 15 is 0 Å². The van der Waals surface area contributed by atoms with Crippen molar-refractivity contribution in [2.45, 2.75) is 18.9 Å². The number of nitrogens with zero attached hydrogens (tertiary/aromatic N) is 1. The topological polar surface area (TPSA) is 112 Å². The summed E-state index contributed by atoms with van der Waals surface area (Å²) in [5, 5.41) is 9.28. The average Bonchev–Trinajstić information content (AvgIpc) is 2.62. The molecule has 2 rings (SSSR count). The van der Waals surface area contributed by atoms with Crippen LogP contribution in [0.15, 0.2) is 18.2 Å². The molecule has 0 radical (unpaired) electrons. The van der Waals surface area contributed by atoms with Crippen LogP contribution < -0.4 is 14.4 Å². The number of benzene rings is 1. The van der Waals surface area contributed by atoms with Crippen LogP contribution in [0.2, 0.25) is 0 Å². The summed E-state index contributed by atoms with van der Waals surface area (Å²) < 4.78 is 20.2. The molecule has 0 saturated carbocycles. The molecule has 0 saturated heterocycles. The van der Waals surface area contributed by atoms with E-state index in [4.69, 9.17) is 14.2 Å². The quantitative estimate of drug-likeness (QED) is 0.566. The van der Waals surface area contributed by atoms with Crippen molar-refractivity contribution in [1.82, 2.24) is 0 Å². The van der Waals surface area contributed by atoms with Gasteiger partial charge in [-0.25, -0.2) is 4.79 Å².